The fraction of sp³-hybridized carbons (Fsp3) is 0.417. The van der Waals surface area contributed by atoms with Crippen LogP contribution in [0.1, 0.15) is 18.9 Å². The lowest BCUT2D eigenvalue weighted by molar-refractivity contribution is 0.659. The molecule has 2 N–H and O–H groups in total. The van der Waals surface area contributed by atoms with E-state index < -0.39 is 0 Å². The van der Waals surface area contributed by atoms with Crippen molar-refractivity contribution in [1.29, 1.82) is 5.26 Å². The van der Waals surface area contributed by atoms with Gasteiger partial charge in [-0.2, -0.15) is 5.26 Å². The molecule has 1 atom stereocenters. The van der Waals surface area contributed by atoms with Crippen LogP contribution in [0.4, 0.5) is 11.4 Å². The second-order valence-corrected chi connectivity index (χ2v) is 4.23. The van der Waals surface area contributed by atoms with E-state index in [2.05, 4.69) is 17.9 Å². The Morgan fingerprint density at radius 2 is 2.33 bits per heavy atom. The van der Waals surface area contributed by atoms with Gasteiger partial charge in [-0.15, -0.1) is 0 Å². The van der Waals surface area contributed by atoms with Crippen LogP contribution in [0.2, 0.25) is 0 Å². The molecule has 1 heterocycles. The maximum atomic E-state index is 9.04. The van der Waals surface area contributed by atoms with E-state index in [0.29, 0.717) is 17.2 Å². The zero-order chi connectivity index (χ0) is 10.8. The first-order valence-electron chi connectivity index (χ1n) is 5.25. The molecule has 0 bridgehead atoms. The number of nitrogens with zero attached hydrogens (tertiary/aromatic N) is 2. The highest BCUT2D eigenvalue weighted by Gasteiger charge is 2.20. The van der Waals surface area contributed by atoms with Crippen molar-refractivity contribution in [2.45, 2.75) is 13.3 Å². The second-order valence-electron chi connectivity index (χ2n) is 4.23. The van der Waals surface area contributed by atoms with Gasteiger partial charge in [0.15, 0.2) is 0 Å². The number of hydrogen-bond acceptors (Lipinski definition) is 3. The Hall–Kier alpha value is -1.69. The van der Waals surface area contributed by atoms with Gasteiger partial charge in [-0.25, -0.2) is 0 Å². The molecule has 1 saturated heterocycles. The Bertz CT molecular complexity index is 406. The third-order valence-corrected chi connectivity index (χ3v) is 2.91. The van der Waals surface area contributed by atoms with Gasteiger partial charge in [0.05, 0.1) is 11.3 Å². The molecule has 0 saturated carbocycles. The van der Waals surface area contributed by atoms with Gasteiger partial charge >= 0.3 is 0 Å². The van der Waals surface area contributed by atoms with Crippen LogP contribution in [-0.2, 0) is 0 Å². The van der Waals surface area contributed by atoms with Gasteiger partial charge in [0, 0.05) is 18.8 Å². The first-order valence-corrected chi connectivity index (χ1v) is 5.25. The van der Waals surface area contributed by atoms with Gasteiger partial charge in [-0.3, -0.25) is 0 Å². The molecule has 1 aromatic carbocycles. The highest BCUT2D eigenvalue weighted by atomic mass is 15.1. The molecule has 3 heteroatoms. The predicted octanol–water partition coefficient (Wildman–Crippen LogP) is 1.99. The molecule has 3 nitrogen and oxygen atoms in total. The van der Waals surface area contributed by atoms with Gasteiger partial charge in [-0.1, -0.05) is 6.92 Å². The molecule has 0 aromatic heterocycles. The molecule has 1 aromatic rings. The van der Waals surface area contributed by atoms with Crippen LogP contribution >= 0.6 is 0 Å². The van der Waals surface area contributed by atoms with Crippen LogP contribution in [0, 0.1) is 17.2 Å². The molecule has 1 unspecified atom stereocenters. The van der Waals surface area contributed by atoms with Crippen molar-refractivity contribution in [3.05, 3.63) is 23.8 Å². The van der Waals surface area contributed by atoms with E-state index in [4.69, 9.17) is 11.0 Å². The lowest BCUT2D eigenvalue weighted by Gasteiger charge is -2.19. The van der Waals surface area contributed by atoms with E-state index in [9.17, 15) is 0 Å². The molecule has 0 aliphatic carbocycles. The summed E-state index contributed by atoms with van der Waals surface area (Å²) in [5.41, 5.74) is 8.02. The van der Waals surface area contributed by atoms with Crippen LogP contribution in [-0.4, -0.2) is 13.1 Å². The van der Waals surface area contributed by atoms with Gasteiger partial charge in [0.25, 0.3) is 0 Å². The average Bonchev–Trinajstić information content (AvgIpc) is 2.64. The van der Waals surface area contributed by atoms with E-state index in [-0.39, 0.29) is 0 Å². The quantitative estimate of drug-likeness (QED) is 0.707. The molecule has 0 amide bonds. The Morgan fingerprint density at radius 3 is 2.93 bits per heavy atom. The van der Waals surface area contributed by atoms with Crippen LogP contribution in [0.5, 0.6) is 0 Å². The van der Waals surface area contributed by atoms with Crippen molar-refractivity contribution in [3.8, 4) is 6.07 Å². The average molecular weight is 201 g/mol. The largest absolute Gasteiger partial charge is 0.399 e. The molecule has 1 aliphatic rings. The third-order valence-electron chi connectivity index (χ3n) is 2.91. The highest BCUT2D eigenvalue weighted by molar-refractivity contribution is 5.64. The Morgan fingerprint density at radius 1 is 1.53 bits per heavy atom. The van der Waals surface area contributed by atoms with Crippen LogP contribution in [0.3, 0.4) is 0 Å². The first kappa shape index (κ1) is 9.85. The van der Waals surface area contributed by atoms with E-state index in [1.165, 1.54) is 6.42 Å². The highest BCUT2D eigenvalue weighted by Crippen LogP contribution is 2.27. The Labute approximate surface area is 90.1 Å². The van der Waals surface area contributed by atoms with Crippen LogP contribution < -0.4 is 10.6 Å². The molecule has 0 radical (unpaired) electrons. The minimum absolute atomic E-state index is 0.655. The van der Waals surface area contributed by atoms with Crippen molar-refractivity contribution in [1.82, 2.24) is 0 Å². The zero-order valence-electron chi connectivity index (χ0n) is 8.90. The fourth-order valence-electron chi connectivity index (χ4n) is 2.07. The monoisotopic (exact) mass is 201 g/mol. The number of nitriles is 1. The molecule has 0 spiro atoms. The van der Waals surface area contributed by atoms with Crippen molar-refractivity contribution >= 4 is 11.4 Å². The molecular formula is C12H15N3. The number of rotatable bonds is 1. The summed E-state index contributed by atoms with van der Waals surface area (Å²) in [7, 11) is 0. The third kappa shape index (κ3) is 1.89. The Kier molecular flexibility index (Phi) is 2.51. The van der Waals surface area contributed by atoms with Gasteiger partial charge in [0.1, 0.15) is 6.07 Å². The van der Waals surface area contributed by atoms with E-state index in [0.717, 1.165) is 18.8 Å². The lowest BCUT2D eigenvalue weighted by Crippen LogP contribution is -2.20. The lowest BCUT2D eigenvalue weighted by atomic mass is 10.1. The first-order chi connectivity index (χ1) is 7.20. The molecule has 78 valence electrons. The van der Waals surface area contributed by atoms with Crippen LogP contribution in [0.15, 0.2) is 18.2 Å². The topological polar surface area (TPSA) is 53.0 Å². The molecule has 15 heavy (non-hydrogen) atoms. The summed E-state index contributed by atoms with van der Waals surface area (Å²) in [6.07, 6.45) is 1.20. The molecule has 1 aliphatic heterocycles. The minimum Gasteiger partial charge on any atom is -0.399 e. The Balaban J connectivity index is 2.32. The SMILES string of the molecule is CC1CCN(c2ccc(N)cc2C#N)C1. The number of benzene rings is 1. The van der Waals surface area contributed by atoms with Crippen LogP contribution in [0.25, 0.3) is 0 Å². The zero-order valence-corrected chi connectivity index (χ0v) is 8.90. The summed E-state index contributed by atoms with van der Waals surface area (Å²) in [6, 6.07) is 7.77. The van der Waals surface area contributed by atoms with Crippen molar-refractivity contribution in [2.24, 2.45) is 5.92 Å². The summed E-state index contributed by atoms with van der Waals surface area (Å²) in [6.45, 7) is 4.32. The maximum Gasteiger partial charge on any atom is 0.101 e. The smallest absolute Gasteiger partial charge is 0.101 e. The summed E-state index contributed by atoms with van der Waals surface area (Å²) in [4.78, 5) is 2.27. The minimum atomic E-state index is 0.655. The van der Waals surface area contributed by atoms with E-state index in [1.807, 2.05) is 12.1 Å². The van der Waals surface area contributed by atoms with Gasteiger partial charge in [0.2, 0.25) is 0 Å². The standard InChI is InChI=1S/C12H15N3/c1-9-4-5-15(8-9)12-3-2-11(14)6-10(12)7-13/h2-3,6,9H,4-5,8,14H2,1H3. The number of nitrogen functional groups attached to an aromatic ring is 1. The van der Waals surface area contributed by atoms with E-state index in [1.54, 1.807) is 6.07 Å². The van der Waals surface area contributed by atoms with Crippen molar-refractivity contribution < 1.29 is 0 Å². The fourth-order valence-corrected chi connectivity index (χ4v) is 2.07. The number of hydrogen-bond donors (Lipinski definition) is 1. The maximum absolute atomic E-state index is 9.04. The summed E-state index contributed by atoms with van der Waals surface area (Å²) in [5, 5.41) is 9.04. The molecule has 2 rings (SSSR count). The van der Waals surface area contributed by atoms with Gasteiger partial charge < -0.3 is 10.6 Å². The van der Waals surface area contributed by atoms with E-state index >= 15 is 0 Å². The normalized spacial score (nSPS) is 20.3. The molecular weight excluding hydrogens is 186 g/mol. The number of anilines is 2. The number of nitrogens with two attached hydrogens (primary N) is 1. The summed E-state index contributed by atoms with van der Waals surface area (Å²) < 4.78 is 0. The van der Waals surface area contributed by atoms with Gasteiger partial charge in [-0.05, 0) is 30.5 Å². The second kappa shape index (κ2) is 3.82. The van der Waals surface area contributed by atoms with Crippen molar-refractivity contribution in [3.63, 3.8) is 0 Å². The van der Waals surface area contributed by atoms with Crippen molar-refractivity contribution in [2.75, 3.05) is 23.7 Å². The molecule has 1 fully saturated rings. The summed E-state index contributed by atoms with van der Waals surface area (Å²) >= 11 is 0. The summed E-state index contributed by atoms with van der Waals surface area (Å²) in [5.74, 6) is 0.717. The predicted molar refractivity (Wildman–Crippen MR) is 61.6 cm³/mol.